The van der Waals surface area contributed by atoms with Gasteiger partial charge in [0.25, 0.3) is 6.43 Å². The second-order valence-corrected chi connectivity index (χ2v) is 2.00. The molecule has 0 unspecified atom stereocenters. The lowest BCUT2D eigenvalue weighted by Crippen LogP contribution is -1.86. The van der Waals surface area contributed by atoms with Gasteiger partial charge in [-0.3, -0.25) is 0 Å². The fourth-order valence-electron chi connectivity index (χ4n) is 0.747. The van der Waals surface area contributed by atoms with Crippen LogP contribution in [0.25, 0.3) is 0 Å². The number of hydrogen-bond donors (Lipinski definition) is 0. The molecule has 53 valence electrons. The zero-order valence-corrected chi connectivity index (χ0v) is 5.35. The summed E-state index contributed by atoms with van der Waals surface area (Å²) in [7, 11) is 0. The third kappa shape index (κ3) is 1.32. The van der Waals surface area contributed by atoms with Gasteiger partial charge in [0.1, 0.15) is 0 Å². The van der Waals surface area contributed by atoms with Crippen LogP contribution in [0.15, 0.2) is 24.3 Å². The molecule has 0 aromatic heterocycles. The van der Waals surface area contributed by atoms with Crippen molar-refractivity contribution in [2.24, 2.45) is 0 Å². The van der Waals surface area contributed by atoms with Gasteiger partial charge in [-0.15, -0.1) is 0 Å². The van der Waals surface area contributed by atoms with Crippen LogP contribution in [0.4, 0.5) is 8.78 Å². The van der Waals surface area contributed by atoms with Crippen LogP contribution in [0.2, 0.25) is 0 Å². The van der Waals surface area contributed by atoms with Gasteiger partial charge >= 0.3 is 0 Å². The van der Waals surface area contributed by atoms with E-state index in [0.717, 1.165) is 0 Å². The van der Waals surface area contributed by atoms with Gasteiger partial charge in [0.15, 0.2) is 0 Å². The van der Waals surface area contributed by atoms with E-state index in [9.17, 15) is 8.78 Å². The Morgan fingerprint density at radius 2 is 1.80 bits per heavy atom. The standard InChI is InChI=1S/C8H7F2/c1-6-4-2-3-5-7(6)8(9)10/h2-5,8H,1H2. The van der Waals surface area contributed by atoms with Crippen molar-refractivity contribution < 1.29 is 8.78 Å². The Labute approximate surface area is 58.5 Å². The maximum atomic E-state index is 12.0. The summed E-state index contributed by atoms with van der Waals surface area (Å²) in [5.41, 5.74) is 0.417. The van der Waals surface area contributed by atoms with Crippen LogP contribution in [0, 0.1) is 6.92 Å². The van der Waals surface area contributed by atoms with Gasteiger partial charge in [-0.25, -0.2) is 8.78 Å². The van der Waals surface area contributed by atoms with Gasteiger partial charge in [-0.1, -0.05) is 24.3 Å². The molecule has 0 heterocycles. The van der Waals surface area contributed by atoms with Crippen molar-refractivity contribution >= 4 is 0 Å². The second-order valence-electron chi connectivity index (χ2n) is 2.00. The summed E-state index contributed by atoms with van der Waals surface area (Å²) in [6.07, 6.45) is -2.41. The first-order valence-corrected chi connectivity index (χ1v) is 2.91. The zero-order chi connectivity index (χ0) is 7.56. The van der Waals surface area contributed by atoms with Crippen LogP contribution in [0.5, 0.6) is 0 Å². The van der Waals surface area contributed by atoms with E-state index in [1.54, 1.807) is 18.2 Å². The van der Waals surface area contributed by atoms with Crippen LogP contribution in [-0.2, 0) is 0 Å². The summed E-state index contributed by atoms with van der Waals surface area (Å²) in [6, 6.07) is 6.22. The fraction of sp³-hybridized carbons (Fsp3) is 0.125. The topological polar surface area (TPSA) is 0 Å². The van der Waals surface area contributed by atoms with Gasteiger partial charge in [0.2, 0.25) is 0 Å². The maximum Gasteiger partial charge on any atom is 0.264 e. The van der Waals surface area contributed by atoms with E-state index in [4.69, 9.17) is 0 Å². The molecular weight excluding hydrogens is 134 g/mol. The SMILES string of the molecule is [CH2]c1ccccc1C(F)F. The average Bonchev–Trinajstić information content (AvgIpc) is 1.88. The molecule has 0 fully saturated rings. The molecule has 0 aliphatic carbocycles. The lowest BCUT2D eigenvalue weighted by Gasteiger charge is -2.01. The van der Waals surface area contributed by atoms with E-state index >= 15 is 0 Å². The van der Waals surface area contributed by atoms with Crippen LogP contribution in [0.1, 0.15) is 17.6 Å². The van der Waals surface area contributed by atoms with Crippen molar-refractivity contribution in [3.05, 3.63) is 42.3 Å². The molecule has 0 bridgehead atoms. The maximum absolute atomic E-state index is 12.0. The third-order valence-electron chi connectivity index (χ3n) is 1.29. The number of rotatable bonds is 1. The molecule has 0 atom stereocenters. The van der Waals surface area contributed by atoms with Crippen LogP contribution in [-0.4, -0.2) is 0 Å². The highest BCUT2D eigenvalue weighted by atomic mass is 19.3. The van der Waals surface area contributed by atoms with E-state index in [1.165, 1.54) is 6.07 Å². The average molecular weight is 141 g/mol. The Bertz CT molecular complexity index is 218. The van der Waals surface area contributed by atoms with Gasteiger partial charge in [0, 0.05) is 5.56 Å². The first kappa shape index (κ1) is 7.19. The van der Waals surface area contributed by atoms with Crippen LogP contribution in [0.3, 0.4) is 0 Å². The number of benzene rings is 1. The van der Waals surface area contributed by atoms with Crippen molar-refractivity contribution in [2.75, 3.05) is 0 Å². The Kier molecular flexibility index (Phi) is 2.00. The molecule has 1 aromatic carbocycles. The summed E-state index contributed by atoms with van der Waals surface area (Å²) in [5.74, 6) is 0. The molecule has 0 saturated carbocycles. The van der Waals surface area contributed by atoms with Crippen LogP contribution >= 0.6 is 0 Å². The summed E-state index contributed by atoms with van der Waals surface area (Å²) in [6.45, 7) is 3.46. The van der Waals surface area contributed by atoms with E-state index in [0.29, 0.717) is 5.56 Å². The summed E-state index contributed by atoms with van der Waals surface area (Å²) < 4.78 is 24.0. The number of halogens is 2. The van der Waals surface area contributed by atoms with Crippen molar-refractivity contribution in [1.29, 1.82) is 0 Å². The Morgan fingerprint density at radius 3 is 2.20 bits per heavy atom. The molecule has 1 aromatic rings. The molecule has 0 aliphatic heterocycles. The van der Waals surface area contributed by atoms with E-state index in [1.807, 2.05) is 0 Å². The second kappa shape index (κ2) is 2.78. The highest BCUT2D eigenvalue weighted by Crippen LogP contribution is 2.21. The Balaban J connectivity index is 3.03. The molecule has 0 amide bonds. The summed E-state index contributed by atoms with van der Waals surface area (Å²) >= 11 is 0. The minimum Gasteiger partial charge on any atom is -0.205 e. The highest BCUT2D eigenvalue weighted by molar-refractivity contribution is 5.29. The minimum absolute atomic E-state index is 0.0162. The monoisotopic (exact) mass is 141 g/mol. The van der Waals surface area contributed by atoms with Gasteiger partial charge < -0.3 is 0 Å². The predicted octanol–water partition coefficient (Wildman–Crippen LogP) is 2.81. The largest absolute Gasteiger partial charge is 0.264 e. The zero-order valence-electron chi connectivity index (χ0n) is 5.35. The number of hydrogen-bond acceptors (Lipinski definition) is 0. The molecule has 0 spiro atoms. The summed E-state index contributed by atoms with van der Waals surface area (Å²) in [4.78, 5) is 0. The minimum atomic E-state index is -2.41. The molecule has 0 N–H and O–H groups in total. The third-order valence-corrected chi connectivity index (χ3v) is 1.29. The highest BCUT2D eigenvalue weighted by Gasteiger charge is 2.07. The molecule has 1 rings (SSSR count). The van der Waals surface area contributed by atoms with Crippen LogP contribution < -0.4 is 0 Å². The molecular formula is C8H7F2. The molecule has 0 aliphatic rings. The van der Waals surface area contributed by atoms with Crippen molar-refractivity contribution in [3.63, 3.8) is 0 Å². The first-order chi connectivity index (χ1) is 4.72. The molecule has 0 saturated heterocycles. The van der Waals surface area contributed by atoms with E-state index < -0.39 is 6.43 Å². The summed E-state index contributed by atoms with van der Waals surface area (Å²) in [5, 5.41) is 0. The predicted molar refractivity (Wildman–Crippen MR) is 35.9 cm³/mol. The van der Waals surface area contributed by atoms with Crippen molar-refractivity contribution in [1.82, 2.24) is 0 Å². The van der Waals surface area contributed by atoms with Gasteiger partial charge in [-0.05, 0) is 12.5 Å². The lowest BCUT2D eigenvalue weighted by molar-refractivity contribution is 0.151. The molecule has 2 heteroatoms. The molecule has 0 nitrogen and oxygen atoms in total. The molecule has 1 radical (unpaired) electrons. The first-order valence-electron chi connectivity index (χ1n) is 2.91. The number of alkyl halides is 2. The van der Waals surface area contributed by atoms with Gasteiger partial charge in [0.05, 0.1) is 0 Å². The quantitative estimate of drug-likeness (QED) is 0.564. The lowest BCUT2D eigenvalue weighted by atomic mass is 10.1. The fourth-order valence-corrected chi connectivity index (χ4v) is 0.747. The Morgan fingerprint density at radius 1 is 1.20 bits per heavy atom. The van der Waals surface area contributed by atoms with E-state index in [-0.39, 0.29) is 5.56 Å². The van der Waals surface area contributed by atoms with Gasteiger partial charge in [-0.2, -0.15) is 0 Å². The Hall–Kier alpha value is -0.920. The van der Waals surface area contributed by atoms with Crippen molar-refractivity contribution in [3.8, 4) is 0 Å². The van der Waals surface area contributed by atoms with Crippen molar-refractivity contribution in [2.45, 2.75) is 6.43 Å². The molecule has 10 heavy (non-hydrogen) atoms. The van der Waals surface area contributed by atoms with E-state index in [2.05, 4.69) is 6.92 Å². The normalized spacial score (nSPS) is 10.4. The smallest absolute Gasteiger partial charge is 0.205 e.